The van der Waals surface area contributed by atoms with Gasteiger partial charge in [-0.15, -0.1) is 0 Å². The number of hydrogen-bond acceptors (Lipinski definition) is 2. The predicted octanol–water partition coefficient (Wildman–Crippen LogP) is 2.80. The minimum absolute atomic E-state index is 0.217. The van der Waals surface area contributed by atoms with Crippen LogP contribution in [0.2, 0.25) is 10.0 Å². The fraction of sp³-hybridized carbons (Fsp3) is 0.333. The number of hydrazine groups is 1. The standard InChI is InChI=1S/C12H14Cl2N2O2/c1-7(2)5-11(17)15-16-12(18)9-6-8(13)3-4-10(9)14/h3-4,6-7H,5H2,1-2H3,(H,15,17)(H,16,18). The van der Waals surface area contributed by atoms with Crippen molar-refractivity contribution in [2.45, 2.75) is 20.3 Å². The zero-order valence-electron chi connectivity index (χ0n) is 10.1. The van der Waals surface area contributed by atoms with Crippen LogP contribution in [0.3, 0.4) is 0 Å². The predicted molar refractivity (Wildman–Crippen MR) is 71.5 cm³/mol. The lowest BCUT2D eigenvalue weighted by atomic mass is 10.1. The SMILES string of the molecule is CC(C)CC(=O)NNC(=O)c1cc(Cl)ccc1Cl. The largest absolute Gasteiger partial charge is 0.273 e. The molecule has 1 aromatic carbocycles. The van der Waals surface area contributed by atoms with E-state index in [1.54, 1.807) is 6.07 Å². The molecule has 0 radical (unpaired) electrons. The molecule has 0 saturated heterocycles. The summed E-state index contributed by atoms with van der Waals surface area (Å²) in [7, 11) is 0. The lowest BCUT2D eigenvalue weighted by molar-refractivity contribution is -0.122. The zero-order valence-corrected chi connectivity index (χ0v) is 11.6. The number of carbonyl (C=O) groups is 2. The molecule has 0 aliphatic carbocycles. The van der Waals surface area contributed by atoms with Crippen LogP contribution in [0.4, 0.5) is 0 Å². The molecule has 0 aliphatic heterocycles. The van der Waals surface area contributed by atoms with Crippen molar-refractivity contribution in [1.82, 2.24) is 10.9 Å². The Morgan fingerprint density at radius 1 is 1.22 bits per heavy atom. The molecule has 2 amide bonds. The van der Waals surface area contributed by atoms with Crippen molar-refractivity contribution in [3.63, 3.8) is 0 Å². The first-order valence-corrected chi connectivity index (χ1v) is 6.20. The highest BCUT2D eigenvalue weighted by molar-refractivity contribution is 6.35. The monoisotopic (exact) mass is 288 g/mol. The average Bonchev–Trinajstić information content (AvgIpc) is 2.28. The van der Waals surface area contributed by atoms with E-state index in [1.807, 2.05) is 13.8 Å². The third-order valence-corrected chi connectivity index (χ3v) is 2.65. The van der Waals surface area contributed by atoms with Crippen LogP contribution in [0.25, 0.3) is 0 Å². The summed E-state index contributed by atoms with van der Waals surface area (Å²) >= 11 is 11.6. The van der Waals surface area contributed by atoms with Gasteiger partial charge in [-0.1, -0.05) is 37.0 Å². The fourth-order valence-corrected chi connectivity index (χ4v) is 1.66. The molecule has 0 saturated carbocycles. The van der Waals surface area contributed by atoms with Crippen LogP contribution in [0.5, 0.6) is 0 Å². The number of hydrogen-bond donors (Lipinski definition) is 2. The average molecular weight is 289 g/mol. The highest BCUT2D eigenvalue weighted by atomic mass is 35.5. The molecule has 6 heteroatoms. The molecule has 4 nitrogen and oxygen atoms in total. The second-order valence-corrected chi connectivity index (χ2v) is 5.07. The van der Waals surface area contributed by atoms with Gasteiger partial charge in [0.25, 0.3) is 5.91 Å². The molecule has 1 aromatic rings. The van der Waals surface area contributed by atoms with Gasteiger partial charge < -0.3 is 0 Å². The summed E-state index contributed by atoms with van der Waals surface area (Å²) < 4.78 is 0. The lowest BCUT2D eigenvalue weighted by Gasteiger charge is -2.09. The van der Waals surface area contributed by atoms with Crippen LogP contribution in [0.1, 0.15) is 30.6 Å². The van der Waals surface area contributed by atoms with Gasteiger partial charge in [-0.3, -0.25) is 20.4 Å². The Kier molecular flexibility index (Phi) is 5.44. The van der Waals surface area contributed by atoms with Gasteiger partial charge in [0.1, 0.15) is 0 Å². The van der Waals surface area contributed by atoms with E-state index in [0.717, 1.165) is 0 Å². The molecule has 18 heavy (non-hydrogen) atoms. The first kappa shape index (κ1) is 14.8. The normalized spacial score (nSPS) is 10.3. The molecule has 0 bridgehead atoms. The Balaban J connectivity index is 2.60. The topological polar surface area (TPSA) is 58.2 Å². The minimum Gasteiger partial charge on any atom is -0.273 e. The van der Waals surface area contributed by atoms with Gasteiger partial charge in [0.2, 0.25) is 5.91 Å². The molecule has 0 spiro atoms. The lowest BCUT2D eigenvalue weighted by Crippen LogP contribution is -2.42. The van der Waals surface area contributed by atoms with E-state index in [9.17, 15) is 9.59 Å². The summed E-state index contributed by atoms with van der Waals surface area (Å²) in [4.78, 5) is 23.1. The maximum Gasteiger partial charge on any atom is 0.271 e. The summed E-state index contributed by atoms with van der Waals surface area (Å²) in [5.74, 6) is -0.534. The van der Waals surface area contributed by atoms with Crippen LogP contribution in [0, 0.1) is 5.92 Å². The second-order valence-electron chi connectivity index (χ2n) is 4.22. The fourth-order valence-electron chi connectivity index (χ4n) is 1.29. The quantitative estimate of drug-likeness (QED) is 0.841. The van der Waals surface area contributed by atoms with Gasteiger partial charge in [-0.2, -0.15) is 0 Å². The van der Waals surface area contributed by atoms with Crippen molar-refractivity contribution in [2.75, 3.05) is 0 Å². The van der Waals surface area contributed by atoms with Crippen molar-refractivity contribution in [3.05, 3.63) is 33.8 Å². The zero-order chi connectivity index (χ0) is 13.7. The number of amides is 2. The molecule has 2 N–H and O–H groups in total. The molecule has 0 fully saturated rings. The number of nitrogens with one attached hydrogen (secondary N) is 2. The molecule has 0 aromatic heterocycles. The second kappa shape index (κ2) is 6.61. The third kappa shape index (κ3) is 4.55. The minimum atomic E-state index is -0.500. The van der Waals surface area contributed by atoms with E-state index in [0.29, 0.717) is 11.4 Å². The van der Waals surface area contributed by atoms with E-state index in [-0.39, 0.29) is 22.4 Å². The van der Waals surface area contributed by atoms with Gasteiger partial charge in [-0.05, 0) is 24.1 Å². The first-order chi connectivity index (χ1) is 8.40. The summed E-state index contributed by atoms with van der Waals surface area (Å²) in [5, 5.41) is 0.674. The first-order valence-electron chi connectivity index (χ1n) is 5.44. The Bertz CT molecular complexity index is 461. The van der Waals surface area contributed by atoms with E-state index in [1.165, 1.54) is 12.1 Å². The van der Waals surface area contributed by atoms with Crippen LogP contribution in [-0.2, 0) is 4.79 Å². The van der Waals surface area contributed by atoms with Crippen molar-refractivity contribution >= 4 is 35.0 Å². The Morgan fingerprint density at radius 2 is 1.89 bits per heavy atom. The highest BCUT2D eigenvalue weighted by Gasteiger charge is 2.12. The van der Waals surface area contributed by atoms with Gasteiger partial charge in [-0.25, -0.2) is 0 Å². The van der Waals surface area contributed by atoms with Crippen molar-refractivity contribution in [2.24, 2.45) is 5.92 Å². The van der Waals surface area contributed by atoms with Gasteiger partial charge >= 0.3 is 0 Å². The Morgan fingerprint density at radius 3 is 2.50 bits per heavy atom. The summed E-state index contributed by atoms with van der Waals surface area (Å²) in [6.07, 6.45) is 0.337. The van der Waals surface area contributed by atoms with Crippen LogP contribution >= 0.6 is 23.2 Å². The molecule has 98 valence electrons. The van der Waals surface area contributed by atoms with Gasteiger partial charge in [0.05, 0.1) is 10.6 Å². The number of halogens is 2. The van der Waals surface area contributed by atoms with Crippen LogP contribution in [0.15, 0.2) is 18.2 Å². The molecular weight excluding hydrogens is 275 g/mol. The van der Waals surface area contributed by atoms with Crippen LogP contribution in [-0.4, -0.2) is 11.8 Å². The van der Waals surface area contributed by atoms with E-state index >= 15 is 0 Å². The van der Waals surface area contributed by atoms with E-state index in [4.69, 9.17) is 23.2 Å². The Hall–Kier alpha value is -1.26. The maximum atomic E-state index is 11.7. The maximum absolute atomic E-state index is 11.7. The van der Waals surface area contributed by atoms with Crippen molar-refractivity contribution in [1.29, 1.82) is 0 Å². The van der Waals surface area contributed by atoms with Gasteiger partial charge in [0, 0.05) is 11.4 Å². The van der Waals surface area contributed by atoms with Crippen molar-refractivity contribution in [3.8, 4) is 0 Å². The van der Waals surface area contributed by atoms with E-state index in [2.05, 4.69) is 10.9 Å². The van der Waals surface area contributed by atoms with E-state index < -0.39 is 5.91 Å². The smallest absolute Gasteiger partial charge is 0.271 e. The Labute approximate surface area is 116 Å². The molecule has 0 atom stereocenters. The molecule has 0 heterocycles. The summed E-state index contributed by atoms with van der Waals surface area (Å²) in [5.41, 5.74) is 4.83. The van der Waals surface area contributed by atoms with Gasteiger partial charge in [0.15, 0.2) is 0 Å². The molecule has 0 aliphatic rings. The van der Waals surface area contributed by atoms with Crippen molar-refractivity contribution < 1.29 is 9.59 Å². The summed E-state index contributed by atoms with van der Waals surface area (Å²) in [6.45, 7) is 3.82. The number of benzene rings is 1. The van der Waals surface area contributed by atoms with Crippen LogP contribution < -0.4 is 10.9 Å². The third-order valence-electron chi connectivity index (χ3n) is 2.08. The highest BCUT2D eigenvalue weighted by Crippen LogP contribution is 2.20. The number of rotatable bonds is 3. The molecule has 0 unspecified atom stereocenters. The molecule has 1 rings (SSSR count). The molecular formula is C12H14Cl2N2O2. The summed E-state index contributed by atoms with van der Waals surface area (Å²) in [6, 6.07) is 4.54. The number of carbonyl (C=O) groups excluding carboxylic acids is 2.